The van der Waals surface area contributed by atoms with E-state index >= 15 is 0 Å². The Hall–Kier alpha value is -1.08. The van der Waals surface area contributed by atoms with Gasteiger partial charge in [-0.1, -0.05) is 0 Å². The fourth-order valence-corrected chi connectivity index (χ4v) is 1.61. The van der Waals surface area contributed by atoms with Crippen LogP contribution in [-0.4, -0.2) is 36.6 Å². The smallest absolute Gasteiger partial charge is 0.323 e. The molecule has 72 valence electrons. The highest BCUT2D eigenvalue weighted by Gasteiger charge is 2.31. The number of hydrogen-bond donors (Lipinski definition) is 0. The van der Waals surface area contributed by atoms with E-state index in [0.29, 0.717) is 13.2 Å². The average Bonchev–Trinajstić information content (AvgIpc) is 2.54. The minimum absolute atomic E-state index is 0.181. The summed E-state index contributed by atoms with van der Waals surface area (Å²) >= 11 is 0. The number of ether oxygens (including phenoxy) is 1. The topological polar surface area (TPSA) is 53.3 Å². The third-order valence-corrected chi connectivity index (χ3v) is 2.20. The summed E-state index contributed by atoms with van der Waals surface area (Å²) < 4.78 is 4.91. The van der Waals surface area contributed by atoms with Gasteiger partial charge in [0.2, 0.25) is 0 Å². The molecule has 0 aliphatic carbocycles. The fraction of sp³-hybridized carbons (Fsp3) is 0.778. The van der Waals surface area contributed by atoms with Gasteiger partial charge in [-0.2, -0.15) is 5.26 Å². The summed E-state index contributed by atoms with van der Waals surface area (Å²) in [6.07, 6.45) is 1.80. The molecule has 1 unspecified atom stereocenters. The Balaban J connectivity index is 2.48. The van der Waals surface area contributed by atoms with Crippen LogP contribution in [0, 0.1) is 11.3 Å². The van der Waals surface area contributed by atoms with Crippen LogP contribution in [0.1, 0.15) is 19.8 Å². The first-order valence-corrected chi connectivity index (χ1v) is 4.57. The third-order valence-electron chi connectivity index (χ3n) is 2.20. The van der Waals surface area contributed by atoms with E-state index in [4.69, 9.17) is 10.00 Å². The zero-order valence-electron chi connectivity index (χ0n) is 7.82. The van der Waals surface area contributed by atoms with Gasteiger partial charge in [-0.25, -0.2) is 0 Å². The number of esters is 1. The SMILES string of the molecule is CCOC(=O)C1CCCN1CC#N. The van der Waals surface area contributed by atoms with E-state index in [1.807, 2.05) is 4.90 Å². The van der Waals surface area contributed by atoms with Crippen molar-refractivity contribution in [3.8, 4) is 6.07 Å². The second-order valence-electron chi connectivity index (χ2n) is 3.04. The molecule has 0 radical (unpaired) electrons. The minimum Gasteiger partial charge on any atom is -0.465 e. The molecule has 0 aromatic carbocycles. The first-order valence-electron chi connectivity index (χ1n) is 4.57. The van der Waals surface area contributed by atoms with E-state index in [2.05, 4.69) is 6.07 Å². The molecule has 0 bridgehead atoms. The summed E-state index contributed by atoms with van der Waals surface area (Å²) in [7, 11) is 0. The van der Waals surface area contributed by atoms with E-state index in [1.165, 1.54) is 0 Å². The van der Waals surface area contributed by atoms with Crippen LogP contribution in [0.15, 0.2) is 0 Å². The molecule has 0 aromatic rings. The quantitative estimate of drug-likeness (QED) is 0.472. The van der Waals surface area contributed by atoms with Crippen molar-refractivity contribution < 1.29 is 9.53 Å². The van der Waals surface area contributed by atoms with Crippen LogP contribution in [0.4, 0.5) is 0 Å². The van der Waals surface area contributed by atoms with Gasteiger partial charge >= 0.3 is 5.97 Å². The maximum Gasteiger partial charge on any atom is 0.323 e. The molecule has 0 amide bonds. The molecule has 1 rings (SSSR count). The summed E-state index contributed by atoms with van der Waals surface area (Å²) in [5.41, 5.74) is 0. The van der Waals surface area contributed by atoms with E-state index in [0.717, 1.165) is 19.4 Å². The summed E-state index contributed by atoms with van der Waals surface area (Å²) in [5.74, 6) is -0.185. The molecule has 1 aliphatic heterocycles. The van der Waals surface area contributed by atoms with Gasteiger partial charge in [-0.15, -0.1) is 0 Å². The number of likely N-dealkylation sites (tertiary alicyclic amines) is 1. The number of carbonyl (C=O) groups excluding carboxylic acids is 1. The Bertz CT molecular complexity index is 222. The summed E-state index contributed by atoms with van der Waals surface area (Å²) in [6.45, 7) is 3.36. The molecule has 0 saturated carbocycles. The predicted molar refractivity (Wildman–Crippen MR) is 46.8 cm³/mol. The van der Waals surface area contributed by atoms with Gasteiger partial charge in [0.1, 0.15) is 6.04 Å². The van der Waals surface area contributed by atoms with Crippen LogP contribution < -0.4 is 0 Å². The monoisotopic (exact) mass is 182 g/mol. The van der Waals surface area contributed by atoms with E-state index in [9.17, 15) is 4.79 Å². The van der Waals surface area contributed by atoms with Gasteiger partial charge in [-0.05, 0) is 19.8 Å². The minimum atomic E-state index is -0.185. The van der Waals surface area contributed by atoms with Crippen molar-refractivity contribution in [3.63, 3.8) is 0 Å². The van der Waals surface area contributed by atoms with Crippen molar-refractivity contribution in [2.75, 3.05) is 19.7 Å². The molecule has 13 heavy (non-hydrogen) atoms. The molecule has 1 fully saturated rings. The number of carbonyl (C=O) groups is 1. The molecule has 1 aliphatic rings. The highest BCUT2D eigenvalue weighted by atomic mass is 16.5. The Morgan fingerprint density at radius 3 is 3.15 bits per heavy atom. The van der Waals surface area contributed by atoms with Crippen molar-refractivity contribution >= 4 is 5.97 Å². The maximum atomic E-state index is 11.4. The molecular weight excluding hydrogens is 168 g/mol. The molecule has 1 saturated heterocycles. The van der Waals surface area contributed by atoms with Crippen LogP contribution in [0.3, 0.4) is 0 Å². The Morgan fingerprint density at radius 1 is 1.77 bits per heavy atom. The van der Waals surface area contributed by atoms with Crippen molar-refractivity contribution in [1.82, 2.24) is 4.90 Å². The van der Waals surface area contributed by atoms with Gasteiger partial charge in [0.25, 0.3) is 0 Å². The van der Waals surface area contributed by atoms with Crippen molar-refractivity contribution in [2.45, 2.75) is 25.8 Å². The Morgan fingerprint density at radius 2 is 2.54 bits per heavy atom. The highest BCUT2D eigenvalue weighted by Crippen LogP contribution is 2.17. The van der Waals surface area contributed by atoms with Crippen LogP contribution in [0.5, 0.6) is 0 Å². The van der Waals surface area contributed by atoms with Gasteiger partial charge in [0.05, 0.1) is 19.2 Å². The van der Waals surface area contributed by atoms with E-state index in [-0.39, 0.29) is 12.0 Å². The molecule has 0 spiro atoms. The average molecular weight is 182 g/mol. The van der Waals surface area contributed by atoms with Crippen molar-refractivity contribution in [2.24, 2.45) is 0 Å². The number of nitriles is 1. The Labute approximate surface area is 78.1 Å². The lowest BCUT2D eigenvalue weighted by Crippen LogP contribution is -2.37. The Kier molecular flexibility index (Phi) is 3.71. The van der Waals surface area contributed by atoms with Gasteiger partial charge < -0.3 is 4.74 Å². The molecule has 1 heterocycles. The first-order chi connectivity index (χ1) is 6.29. The third kappa shape index (κ3) is 2.43. The van der Waals surface area contributed by atoms with Crippen LogP contribution in [0.2, 0.25) is 0 Å². The largest absolute Gasteiger partial charge is 0.465 e. The highest BCUT2D eigenvalue weighted by molar-refractivity contribution is 5.76. The van der Waals surface area contributed by atoms with E-state index in [1.54, 1.807) is 6.92 Å². The molecule has 4 heteroatoms. The van der Waals surface area contributed by atoms with Gasteiger partial charge in [0.15, 0.2) is 0 Å². The number of hydrogen-bond acceptors (Lipinski definition) is 4. The lowest BCUT2D eigenvalue weighted by Gasteiger charge is -2.19. The van der Waals surface area contributed by atoms with Crippen molar-refractivity contribution in [1.29, 1.82) is 5.26 Å². The van der Waals surface area contributed by atoms with E-state index < -0.39 is 0 Å². The lowest BCUT2D eigenvalue weighted by molar-refractivity contribution is -0.148. The normalized spacial score (nSPS) is 22.6. The number of nitrogens with zero attached hydrogens (tertiary/aromatic N) is 2. The predicted octanol–water partition coefficient (Wildman–Crippen LogP) is 0.537. The lowest BCUT2D eigenvalue weighted by atomic mass is 10.2. The van der Waals surface area contributed by atoms with Gasteiger partial charge in [-0.3, -0.25) is 9.69 Å². The second-order valence-corrected chi connectivity index (χ2v) is 3.04. The maximum absolute atomic E-state index is 11.4. The molecule has 4 nitrogen and oxygen atoms in total. The molecule has 0 aromatic heterocycles. The van der Waals surface area contributed by atoms with Crippen LogP contribution in [-0.2, 0) is 9.53 Å². The van der Waals surface area contributed by atoms with Gasteiger partial charge in [0, 0.05) is 6.54 Å². The zero-order valence-corrected chi connectivity index (χ0v) is 7.82. The van der Waals surface area contributed by atoms with Crippen molar-refractivity contribution in [3.05, 3.63) is 0 Å². The summed E-state index contributed by atoms with van der Waals surface area (Å²) in [5, 5.41) is 8.51. The molecular formula is C9H14N2O2. The summed E-state index contributed by atoms with van der Waals surface area (Å²) in [6, 6.07) is 1.87. The number of rotatable bonds is 3. The summed E-state index contributed by atoms with van der Waals surface area (Å²) in [4.78, 5) is 13.2. The first kappa shape index (κ1) is 10.0. The standard InChI is InChI=1S/C9H14N2O2/c1-2-13-9(12)8-4-3-6-11(8)7-5-10/h8H,2-4,6-7H2,1H3. The fourth-order valence-electron chi connectivity index (χ4n) is 1.61. The second kappa shape index (κ2) is 4.83. The van der Waals surface area contributed by atoms with Crippen LogP contribution >= 0.6 is 0 Å². The zero-order chi connectivity index (χ0) is 9.68. The molecule has 0 N–H and O–H groups in total. The molecule has 1 atom stereocenters. The van der Waals surface area contributed by atoms with Crippen LogP contribution in [0.25, 0.3) is 0 Å².